The number of thiazole rings is 1. The monoisotopic (exact) mass is 270 g/mol. The topological polar surface area (TPSA) is 34.1 Å². The molecule has 0 aliphatic rings. The van der Waals surface area contributed by atoms with Gasteiger partial charge in [0.1, 0.15) is 10.6 Å². The van der Waals surface area contributed by atoms with Crippen LogP contribution in [-0.2, 0) is 23.3 Å². The maximum absolute atomic E-state index is 5.64. The quantitative estimate of drug-likeness (QED) is 0.823. The Balaban J connectivity index is 2.96. The van der Waals surface area contributed by atoms with Gasteiger partial charge < -0.3 is 10.1 Å². The van der Waals surface area contributed by atoms with Gasteiger partial charge >= 0.3 is 0 Å². The Hall–Kier alpha value is -0.450. The Labute approximate surface area is 115 Å². The zero-order valence-corrected chi connectivity index (χ0v) is 13.3. The largest absolute Gasteiger partial charge is 0.371 e. The third kappa shape index (κ3) is 3.53. The molecular formula is C14H26N2OS. The number of aryl methyl sites for hydroxylation is 1. The van der Waals surface area contributed by atoms with E-state index in [2.05, 4.69) is 39.9 Å². The van der Waals surface area contributed by atoms with Crippen LogP contribution in [0.3, 0.4) is 0 Å². The van der Waals surface area contributed by atoms with Crippen LogP contribution in [0.25, 0.3) is 0 Å². The molecule has 0 saturated carbocycles. The van der Waals surface area contributed by atoms with Gasteiger partial charge in [-0.15, -0.1) is 11.3 Å². The van der Waals surface area contributed by atoms with Crippen molar-refractivity contribution in [3.63, 3.8) is 0 Å². The Bertz CT molecular complexity index is 370. The minimum atomic E-state index is -0.245. The van der Waals surface area contributed by atoms with Crippen molar-refractivity contribution in [1.82, 2.24) is 10.3 Å². The van der Waals surface area contributed by atoms with Crippen LogP contribution in [-0.4, -0.2) is 18.1 Å². The molecular weight excluding hydrogens is 244 g/mol. The molecule has 1 unspecified atom stereocenters. The summed E-state index contributed by atoms with van der Waals surface area (Å²) >= 11 is 1.78. The van der Waals surface area contributed by atoms with E-state index in [0.717, 1.165) is 24.4 Å². The van der Waals surface area contributed by atoms with Crippen LogP contribution < -0.4 is 5.32 Å². The van der Waals surface area contributed by atoms with E-state index in [0.29, 0.717) is 6.04 Å². The molecule has 0 aliphatic carbocycles. The van der Waals surface area contributed by atoms with Gasteiger partial charge in [-0.25, -0.2) is 4.98 Å². The molecule has 18 heavy (non-hydrogen) atoms. The maximum Gasteiger partial charge on any atom is 0.125 e. The highest BCUT2D eigenvalue weighted by molar-refractivity contribution is 7.11. The normalized spacial score (nSPS) is 15.1. The Morgan fingerprint density at radius 3 is 2.50 bits per heavy atom. The Morgan fingerprint density at radius 1 is 1.39 bits per heavy atom. The van der Waals surface area contributed by atoms with Crippen LogP contribution in [0.5, 0.6) is 0 Å². The molecule has 3 nitrogen and oxygen atoms in total. The van der Waals surface area contributed by atoms with Gasteiger partial charge in [0.25, 0.3) is 0 Å². The molecule has 0 aromatic carbocycles. The van der Waals surface area contributed by atoms with Crippen LogP contribution >= 0.6 is 11.3 Å². The average molecular weight is 270 g/mol. The third-order valence-corrected chi connectivity index (χ3v) is 4.70. The third-order valence-electron chi connectivity index (χ3n) is 3.36. The zero-order valence-electron chi connectivity index (χ0n) is 12.5. The van der Waals surface area contributed by atoms with Gasteiger partial charge in [-0.2, -0.15) is 0 Å². The van der Waals surface area contributed by atoms with Gasteiger partial charge in [-0.05, 0) is 19.8 Å². The van der Waals surface area contributed by atoms with E-state index in [1.165, 1.54) is 10.6 Å². The number of aromatic nitrogens is 1. The van der Waals surface area contributed by atoms with Crippen molar-refractivity contribution in [2.75, 3.05) is 7.11 Å². The summed E-state index contributed by atoms with van der Waals surface area (Å²) in [6.07, 6.45) is 1.92. The van der Waals surface area contributed by atoms with Crippen molar-refractivity contribution >= 4 is 11.3 Å². The van der Waals surface area contributed by atoms with Gasteiger partial charge in [-0.1, -0.05) is 27.7 Å². The van der Waals surface area contributed by atoms with Crippen molar-refractivity contribution in [2.24, 2.45) is 0 Å². The van der Waals surface area contributed by atoms with E-state index < -0.39 is 0 Å². The van der Waals surface area contributed by atoms with Crippen LogP contribution in [0.15, 0.2) is 0 Å². The second-order valence-electron chi connectivity index (χ2n) is 5.07. The number of nitrogens with one attached hydrogen (secondary N) is 1. The second-order valence-corrected chi connectivity index (χ2v) is 6.15. The highest BCUT2D eigenvalue weighted by Gasteiger charge is 2.28. The molecule has 1 aromatic rings. The molecule has 0 saturated heterocycles. The Morgan fingerprint density at radius 2 is 2.06 bits per heavy atom. The van der Waals surface area contributed by atoms with E-state index in [9.17, 15) is 0 Å². The van der Waals surface area contributed by atoms with Crippen LogP contribution in [0, 0.1) is 0 Å². The van der Waals surface area contributed by atoms with Crippen molar-refractivity contribution in [2.45, 2.75) is 65.6 Å². The summed E-state index contributed by atoms with van der Waals surface area (Å²) in [5.41, 5.74) is 0.963. The molecule has 0 amide bonds. The highest BCUT2D eigenvalue weighted by atomic mass is 32.1. The number of methoxy groups -OCH3 is 1. The van der Waals surface area contributed by atoms with E-state index >= 15 is 0 Å². The lowest BCUT2D eigenvalue weighted by Gasteiger charge is -2.23. The summed E-state index contributed by atoms with van der Waals surface area (Å²) in [6.45, 7) is 11.7. The fourth-order valence-electron chi connectivity index (χ4n) is 1.70. The smallest absolute Gasteiger partial charge is 0.125 e. The van der Waals surface area contributed by atoms with Gasteiger partial charge in [-0.3, -0.25) is 0 Å². The standard InChI is InChI=1S/C14H26N2OS/c1-7-11-12(9-15-10(3)4)18-13(16-11)14(5,8-2)17-6/h10,15H,7-9H2,1-6H3. The lowest BCUT2D eigenvalue weighted by Crippen LogP contribution is -2.22. The zero-order chi connectivity index (χ0) is 13.8. The van der Waals surface area contributed by atoms with E-state index in [1.54, 1.807) is 18.4 Å². The first-order chi connectivity index (χ1) is 8.46. The first-order valence-corrected chi connectivity index (χ1v) is 7.56. The van der Waals surface area contributed by atoms with E-state index in [4.69, 9.17) is 9.72 Å². The van der Waals surface area contributed by atoms with E-state index in [-0.39, 0.29) is 5.60 Å². The van der Waals surface area contributed by atoms with Crippen LogP contribution in [0.1, 0.15) is 56.6 Å². The summed E-state index contributed by atoms with van der Waals surface area (Å²) in [5.74, 6) is 0. The predicted molar refractivity (Wildman–Crippen MR) is 78.1 cm³/mol. The molecule has 0 bridgehead atoms. The molecule has 1 rings (SSSR count). The lowest BCUT2D eigenvalue weighted by atomic mass is 10.1. The number of ether oxygens (including phenoxy) is 1. The minimum Gasteiger partial charge on any atom is -0.371 e. The number of nitrogens with zero attached hydrogens (tertiary/aromatic N) is 1. The average Bonchev–Trinajstić information content (AvgIpc) is 2.79. The van der Waals surface area contributed by atoms with Crippen molar-refractivity contribution in [1.29, 1.82) is 0 Å². The molecule has 1 heterocycles. The molecule has 1 N–H and O–H groups in total. The summed E-state index contributed by atoms with van der Waals surface area (Å²) in [7, 11) is 1.77. The summed E-state index contributed by atoms with van der Waals surface area (Å²) < 4.78 is 5.64. The highest BCUT2D eigenvalue weighted by Crippen LogP contribution is 2.33. The van der Waals surface area contributed by atoms with Crippen molar-refractivity contribution in [3.05, 3.63) is 15.6 Å². The minimum absolute atomic E-state index is 0.245. The summed E-state index contributed by atoms with van der Waals surface area (Å²) in [5, 5.41) is 4.57. The summed E-state index contributed by atoms with van der Waals surface area (Å²) in [6, 6.07) is 0.500. The first-order valence-electron chi connectivity index (χ1n) is 6.74. The molecule has 0 spiro atoms. The predicted octanol–water partition coefficient (Wildman–Crippen LogP) is 3.48. The summed E-state index contributed by atoms with van der Waals surface area (Å²) in [4.78, 5) is 6.12. The van der Waals surface area contributed by atoms with Gasteiger partial charge in [0.15, 0.2) is 0 Å². The molecule has 0 aliphatic heterocycles. The van der Waals surface area contributed by atoms with Gasteiger partial charge in [0.05, 0.1) is 5.69 Å². The van der Waals surface area contributed by atoms with Gasteiger partial charge in [0.2, 0.25) is 0 Å². The number of hydrogen-bond donors (Lipinski definition) is 1. The van der Waals surface area contributed by atoms with E-state index in [1.807, 2.05) is 0 Å². The van der Waals surface area contributed by atoms with Crippen LogP contribution in [0.2, 0.25) is 0 Å². The molecule has 0 fully saturated rings. The lowest BCUT2D eigenvalue weighted by molar-refractivity contribution is -0.00166. The number of hydrogen-bond acceptors (Lipinski definition) is 4. The Kier molecular flexibility index (Phi) is 5.76. The van der Waals surface area contributed by atoms with Gasteiger partial charge in [0, 0.05) is 24.6 Å². The second kappa shape index (κ2) is 6.64. The molecule has 1 aromatic heterocycles. The number of rotatable bonds is 7. The molecule has 0 radical (unpaired) electrons. The fraction of sp³-hybridized carbons (Fsp3) is 0.786. The first kappa shape index (κ1) is 15.6. The van der Waals surface area contributed by atoms with Crippen molar-refractivity contribution in [3.8, 4) is 0 Å². The molecule has 1 atom stereocenters. The fourth-order valence-corrected chi connectivity index (χ4v) is 3.00. The maximum atomic E-state index is 5.64. The SMILES string of the molecule is CCc1nc(C(C)(CC)OC)sc1CNC(C)C. The van der Waals surface area contributed by atoms with Crippen molar-refractivity contribution < 1.29 is 4.74 Å². The molecule has 104 valence electrons. The van der Waals surface area contributed by atoms with Crippen LogP contribution in [0.4, 0.5) is 0 Å². The molecule has 4 heteroatoms.